The molecule has 0 atom stereocenters. The summed E-state index contributed by atoms with van der Waals surface area (Å²) >= 11 is 0. The zero-order valence-electron chi connectivity index (χ0n) is 11.6. The van der Waals surface area contributed by atoms with Crippen LogP contribution in [0, 0.1) is 6.92 Å². The minimum atomic E-state index is 0.976. The third kappa shape index (κ3) is 2.30. The van der Waals surface area contributed by atoms with E-state index in [0.29, 0.717) is 0 Å². The highest BCUT2D eigenvalue weighted by atomic mass is 15.3. The molecule has 0 aliphatic carbocycles. The summed E-state index contributed by atoms with van der Waals surface area (Å²) in [7, 11) is 0. The Balaban J connectivity index is 1.96. The van der Waals surface area contributed by atoms with Gasteiger partial charge in [-0.2, -0.15) is 5.10 Å². The predicted molar refractivity (Wildman–Crippen MR) is 85.3 cm³/mol. The number of nitrogens with zero attached hydrogens (tertiary/aromatic N) is 1. The largest absolute Gasteiger partial charge is 0.358 e. The van der Waals surface area contributed by atoms with Gasteiger partial charge in [0.2, 0.25) is 0 Å². The van der Waals surface area contributed by atoms with E-state index in [4.69, 9.17) is 0 Å². The summed E-state index contributed by atoms with van der Waals surface area (Å²) in [4.78, 5) is 3.40. The Bertz CT molecular complexity index is 754. The van der Waals surface area contributed by atoms with Crippen molar-refractivity contribution in [3.8, 4) is 0 Å². The van der Waals surface area contributed by atoms with Gasteiger partial charge in [0, 0.05) is 22.2 Å². The number of aryl methyl sites for hydroxylation is 1. The van der Waals surface area contributed by atoms with Crippen molar-refractivity contribution in [2.45, 2.75) is 13.8 Å². The van der Waals surface area contributed by atoms with E-state index < -0.39 is 0 Å². The van der Waals surface area contributed by atoms with Crippen LogP contribution in [-0.2, 0) is 0 Å². The van der Waals surface area contributed by atoms with E-state index in [2.05, 4.69) is 40.6 Å². The van der Waals surface area contributed by atoms with Crippen LogP contribution in [0.5, 0.6) is 0 Å². The molecular weight excluding hydrogens is 246 g/mol. The Kier molecular flexibility index (Phi) is 3.25. The molecule has 0 spiro atoms. The molecule has 3 aromatic rings. The minimum Gasteiger partial charge on any atom is -0.358 e. The molecule has 0 radical (unpaired) electrons. The van der Waals surface area contributed by atoms with Crippen LogP contribution in [0.15, 0.2) is 59.7 Å². The van der Waals surface area contributed by atoms with Gasteiger partial charge in [-0.25, -0.2) is 0 Å². The first-order valence-corrected chi connectivity index (χ1v) is 6.69. The number of rotatable bonds is 3. The second-order valence-electron chi connectivity index (χ2n) is 4.85. The second-order valence-corrected chi connectivity index (χ2v) is 4.85. The molecule has 0 saturated heterocycles. The van der Waals surface area contributed by atoms with Crippen molar-refractivity contribution >= 4 is 22.3 Å². The number of anilines is 1. The molecule has 3 rings (SSSR count). The molecule has 0 fully saturated rings. The zero-order valence-corrected chi connectivity index (χ0v) is 11.6. The van der Waals surface area contributed by atoms with Crippen LogP contribution in [0.3, 0.4) is 0 Å². The molecule has 0 amide bonds. The molecule has 3 nitrogen and oxygen atoms in total. The topological polar surface area (TPSA) is 40.2 Å². The molecule has 0 aliphatic heterocycles. The summed E-state index contributed by atoms with van der Waals surface area (Å²) in [5.41, 5.74) is 8.52. The number of aromatic amines is 1. The molecule has 3 heteroatoms. The molecule has 1 aromatic heterocycles. The number of hydrazone groups is 1. The van der Waals surface area contributed by atoms with Crippen LogP contribution in [0.2, 0.25) is 0 Å². The number of benzene rings is 2. The number of aromatic nitrogens is 1. The SMILES string of the molecule is C/C(=N/Nc1ccccc1)c1c(C)[nH]c2ccccc12. The summed E-state index contributed by atoms with van der Waals surface area (Å²) in [6.45, 7) is 4.11. The summed E-state index contributed by atoms with van der Waals surface area (Å²) < 4.78 is 0. The monoisotopic (exact) mass is 263 g/mol. The van der Waals surface area contributed by atoms with Crippen molar-refractivity contribution < 1.29 is 0 Å². The van der Waals surface area contributed by atoms with Crippen molar-refractivity contribution in [2.24, 2.45) is 5.10 Å². The van der Waals surface area contributed by atoms with Gasteiger partial charge in [-0.05, 0) is 32.0 Å². The van der Waals surface area contributed by atoms with E-state index >= 15 is 0 Å². The lowest BCUT2D eigenvalue weighted by molar-refractivity contribution is 1.27. The Labute approximate surface area is 118 Å². The van der Waals surface area contributed by atoms with Crippen molar-refractivity contribution in [1.29, 1.82) is 0 Å². The zero-order chi connectivity index (χ0) is 13.9. The van der Waals surface area contributed by atoms with Crippen LogP contribution >= 0.6 is 0 Å². The molecule has 0 aliphatic rings. The van der Waals surface area contributed by atoms with Gasteiger partial charge in [0.25, 0.3) is 0 Å². The van der Waals surface area contributed by atoms with Gasteiger partial charge in [0.1, 0.15) is 0 Å². The normalized spacial score (nSPS) is 11.8. The van der Waals surface area contributed by atoms with Crippen LogP contribution in [0.1, 0.15) is 18.2 Å². The first-order chi connectivity index (χ1) is 9.75. The lowest BCUT2D eigenvalue weighted by Gasteiger charge is -2.04. The predicted octanol–water partition coefficient (Wildman–Crippen LogP) is 4.31. The van der Waals surface area contributed by atoms with Gasteiger partial charge in [-0.1, -0.05) is 36.4 Å². The van der Waals surface area contributed by atoms with Crippen LogP contribution in [-0.4, -0.2) is 10.7 Å². The number of para-hydroxylation sites is 2. The average Bonchev–Trinajstić information content (AvgIpc) is 2.82. The van der Waals surface area contributed by atoms with Crippen molar-refractivity contribution in [1.82, 2.24) is 4.98 Å². The maximum absolute atomic E-state index is 4.49. The summed E-state index contributed by atoms with van der Waals surface area (Å²) in [5.74, 6) is 0. The number of hydrogen-bond donors (Lipinski definition) is 2. The van der Waals surface area contributed by atoms with E-state index in [1.807, 2.05) is 43.3 Å². The van der Waals surface area contributed by atoms with E-state index in [0.717, 1.165) is 22.6 Å². The quantitative estimate of drug-likeness (QED) is 0.536. The van der Waals surface area contributed by atoms with Gasteiger partial charge >= 0.3 is 0 Å². The molecular formula is C17H17N3. The van der Waals surface area contributed by atoms with Crippen molar-refractivity contribution in [3.05, 3.63) is 65.9 Å². The first-order valence-electron chi connectivity index (χ1n) is 6.69. The summed E-state index contributed by atoms with van der Waals surface area (Å²) in [5, 5.41) is 5.70. The van der Waals surface area contributed by atoms with E-state index in [1.165, 1.54) is 10.9 Å². The minimum absolute atomic E-state index is 0.976. The third-order valence-electron chi connectivity index (χ3n) is 3.38. The number of fused-ring (bicyclic) bond motifs is 1. The van der Waals surface area contributed by atoms with Crippen molar-refractivity contribution in [3.63, 3.8) is 0 Å². The number of hydrogen-bond acceptors (Lipinski definition) is 2. The fraction of sp³-hybridized carbons (Fsp3) is 0.118. The first kappa shape index (κ1) is 12.5. The van der Waals surface area contributed by atoms with Crippen molar-refractivity contribution in [2.75, 3.05) is 5.43 Å². The number of H-pyrrole nitrogens is 1. The smallest absolute Gasteiger partial charge is 0.0672 e. The van der Waals surface area contributed by atoms with E-state index in [-0.39, 0.29) is 0 Å². The summed E-state index contributed by atoms with van der Waals surface area (Å²) in [6, 6.07) is 18.3. The van der Waals surface area contributed by atoms with Gasteiger partial charge in [0.05, 0.1) is 11.4 Å². The van der Waals surface area contributed by atoms with Crippen LogP contribution in [0.4, 0.5) is 5.69 Å². The molecule has 2 aromatic carbocycles. The second kappa shape index (κ2) is 5.21. The van der Waals surface area contributed by atoms with Gasteiger partial charge in [0.15, 0.2) is 0 Å². The Hall–Kier alpha value is -2.55. The van der Waals surface area contributed by atoms with Gasteiger partial charge in [-0.15, -0.1) is 0 Å². The molecule has 100 valence electrons. The molecule has 20 heavy (non-hydrogen) atoms. The molecule has 0 bridgehead atoms. The highest BCUT2D eigenvalue weighted by Crippen LogP contribution is 2.22. The highest BCUT2D eigenvalue weighted by Gasteiger charge is 2.10. The maximum Gasteiger partial charge on any atom is 0.0672 e. The van der Waals surface area contributed by atoms with Crippen LogP contribution in [0.25, 0.3) is 10.9 Å². The lowest BCUT2D eigenvalue weighted by atomic mass is 10.1. The fourth-order valence-corrected chi connectivity index (χ4v) is 2.46. The van der Waals surface area contributed by atoms with Gasteiger partial charge in [-0.3, -0.25) is 5.43 Å². The van der Waals surface area contributed by atoms with E-state index in [1.54, 1.807) is 0 Å². The Morgan fingerprint density at radius 2 is 1.70 bits per heavy atom. The third-order valence-corrected chi connectivity index (χ3v) is 3.38. The van der Waals surface area contributed by atoms with Gasteiger partial charge < -0.3 is 4.98 Å². The summed E-state index contributed by atoms with van der Waals surface area (Å²) in [6.07, 6.45) is 0. The average molecular weight is 263 g/mol. The fourth-order valence-electron chi connectivity index (χ4n) is 2.46. The Morgan fingerprint density at radius 3 is 2.50 bits per heavy atom. The Morgan fingerprint density at radius 1 is 1.00 bits per heavy atom. The standard InChI is InChI=1S/C17H17N3/c1-12-17(15-10-6-7-11-16(15)18-12)13(2)19-20-14-8-4-3-5-9-14/h3-11,18,20H,1-2H3/b19-13-. The lowest BCUT2D eigenvalue weighted by Crippen LogP contribution is -2.00. The molecule has 0 unspecified atom stereocenters. The maximum atomic E-state index is 4.49. The van der Waals surface area contributed by atoms with E-state index in [9.17, 15) is 0 Å². The number of nitrogens with one attached hydrogen (secondary N) is 2. The highest BCUT2D eigenvalue weighted by molar-refractivity contribution is 6.11. The molecule has 1 heterocycles. The molecule has 2 N–H and O–H groups in total. The molecule has 0 saturated carbocycles. The van der Waals surface area contributed by atoms with Crippen LogP contribution < -0.4 is 5.43 Å².